The first-order chi connectivity index (χ1) is 9.83. The summed E-state index contributed by atoms with van der Waals surface area (Å²) < 4.78 is 14.2. The van der Waals surface area contributed by atoms with E-state index < -0.39 is 0 Å². The number of hydrogen-bond donors (Lipinski definition) is 0. The Morgan fingerprint density at radius 3 is 2.90 bits per heavy atom. The Morgan fingerprint density at radius 2 is 2.05 bits per heavy atom. The van der Waals surface area contributed by atoms with Crippen molar-refractivity contribution in [3.63, 3.8) is 0 Å². The van der Waals surface area contributed by atoms with Crippen LogP contribution in [-0.2, 0) is 16.0 Å². The highest BCUT2D eigenvalue weighted by molar-refractivity contribution is 5.82. The van der Waals surface area contributed by atoms with Crippen LogP contribution in [0.2, 0.25) is 0 Å². The van der Waals surface area contributed by atoms with Gasteiger partial charge in [-0.3, -0.25) is 4.68 Å². The third kappa shape index (κ3) is 2.56. The lowest BCUT2D eigenvalue weighted by Gasteiger charge is -2.35. The number of aromatic nitrogens is 2. The Bertz CT molecular complexity index is 628. The molecule has 0 aliphatic carbocycles. The average molecular weight is 308 g/mol. The van der Waals surface area contributed by atoms with Crippen LogP contribution >= 0.6 is 0 Å². The minimum Gasteiger partial charge on any atom is -1.00 e. The van der Waals surface area contributed by atoms with Gasteiger partial charge in [0.05, 0.1) is 30.5 Å². The summed E-state index contributed by atoms with van der Waals surface area (Å²) >= 11 is 0. The minimum atomic E-state index is 0. The summed E-state index contributed by atoms with van der Waals surface area (Å²) in [5.41, 5.74) is 2.26. The molecule has 2 aromatic rings. The summed E-state index contributed by atoms with van der Waals surface area (Å²) in [5, 5.41) is 5.91. The highest BCUT2D eigenvalue weighted by Gasteiger charge is 2.35. The minimum absolute atomic E-state index is 0. The molecular weight excluding hydrogens is 288 g/mol. The Morgan fingerprint density at radius 1 is 1.19 bits per heavy atom. The summed E-state index contributed by atoms with van der Waals surface area (Å²) in [4.78, 5) is 0. The average Bonchev–Trinajstić information content (AvgIpc) is 2.85. The van der Waals surface area contributed by atoms with Crippen molar-refractivity contribution < 1.29 is 21.9 Å². The van der Waals surface area contributed by atoms with Crippen LogP contribution in [0, 0.1) is 5.92 Å². The van der Waals surface area contributed by atoms with Crippen molar-refractivity contribution in [3.05, 3.63) is 30.0 Å². The van der Waals surface area contributed by atoms with E-state index in [2.05, 4.69) is 29.8 Å². The summed E-state index contributed by atoms with van der Waals surface area (Å²) in [5.74, 6) is 0.710. The molecule has 4 nitrogen and oxygen atoms in total. The van der Waals surface area contributed by atoms with Crippen LogP contribution in [0.5, 0.6) is 0 Å². The number of fused-ring (bicyclic) bond motifs is 3. The van der Waals surface area contributed by atoms with Gasteiger partial charge in [-0.15, -0.1) is 0 Å². The van der Waals surface area contributed by atoms with E-state index in [4.69, 9.17) is 14.6 Å². The summed E-state index contributed by atoms with van der Waals surface area (Å²) in [7, 11) is 0. The van der Waals surface area contributed by atoms with Crippen LogP contribution in [0.25, 0.3) is 10.9 Å². The van der Waals surface area contributed by atoms with Crippen molar-refractivity contribution in [1.82, 2.24) is 9.78 Å². The Balaban J connectivity index is 0.00000132. The van der Waals surface area contributed by atoms with Gasteiger partial charge in [-0.25, -0.2) is 0 Å². The van der Waals surface area contributed by atoms with E-state index in [9.17, 15) is 0 Å². The molecule has 1 saturated heterocycles. The van der Waals surface area contributed by atoms with E-state index in [1.165, 1.54) is 11.1 Å². The van der Waals surface area contributed by atoms with Crippen LogP contribution in [0.4, 0.5) is 0 Å². The number of halogens is 1. The fraction of sp³-hybridized carbons (Fsp3) is 0.562. The SMILES string of the molecule is CC1CCO[C@@H]([C@@H]2OCCn3nc4ccccc4c32)C1.[Cl-]. The Kier molecular flexibility index (Phi) is 4.20. The number of ether oxygens (including phenoxy) is 2. The second-order valence-electron chi connectivity index (χ2n) is 5.96. The van der Waals surface area contributed by atoms with Crippen LogP contribution in [0.3, 0.4) is 0 Å². The van der Waals surface area contributed by atoms with Crippen molar-refractivity contribution in [2.45, 2.75) is 38.5 Å². The third-order valence-electron chi connectivity index (χ3n) is 4.47. The molecule has 0 amide bonds. The normalized spacial score (nSPS) is 28.9. The standard InChI is InChI=1S/C16H20N2O2.ClH/c1-11-6-8-19-14(10-11)16-15-12-4-2-3-5-13(12)17-18(15)7-9-20-16;/h2-5,11,14,16H,6-10H2,1H3;1H/p-1/t11?,14-,16+;/m1./s1. The smallest absolute Gasteiger partial charge is 0.126 e. The highest BCUT2D eigenvalue weighted by atomic mass is 35.5. The summed E-state index contributed by atoms with van der Waals surface area (Å²) in [6.45, 7) is 4.70. The molecule has 1 aromatic carbocycles. The van der Waals surface area contributed by atoms with Gasteiger partial charge in [-0.1, -0.05) is 25.1 Å². The monoisotopic (exact) mass is 307 g/mol. The molecule has 3 heterocycles. The van der Waals surface area contributed by atoms with E-state index in [1.54, 1.807) is 0 Å². The molecule has 21 heavy (non-hydrogen) atoms. The molecular formula is C16H20ClN2O2-. The molecule has 0 saturated carbocycles. The van der Waals surface area contributed by atoms with Crippen LogP contribution in [-0.4, -0.2) is 29.1 Å². The van der Waals surface area contributed by atoms with E-state index in [0.717, 1.165) is 38.1 Å². The molecule has 5 heteroatoms. The zero-order valence-electron chi connectivity index (χ0n) is 12.2. The fourth-order valence-electron chi connectivity index (χ4n) is 3.41. The van der Waals surface area contributed by atoms with Crippen LogP contribution in [0.1, 0.15) is 31.6 Å². The van der Waals surface area contributed by atoms with Gasteiger partial charge in [0.1, 0.15) is 6.10 Å². The predicted molar refractivity (Wildman–Crippen MR) is 76.6 cm³/mol. The number of hydrogen-bond acceptors (Lipinski definition) is 3. The Hall–Kier alpha value is -1.10. The first-order valence-electron chi connectivity index (χ1n) is 7.51. The third-order valence-corrected chi connectivity index (χ3v) is 4.47. The molecule has 3 atom stereocenters. The maximum absolute atomic E-state index is 6.07. The molecule has 0 radical (unpaired) electrons. The molecule has 1 fully saturated rings. The van der Waals surface area contributed by atoms with Gasteiger partial charge >= 0.3 is 0 Å². The van der Waals surface area contributed by atoms with Gasteiger partial charge in [0.25, 0.3) is 0 Å². The van der Waals surface area contributed by atoms with E-state index in [-0.39, 0.29) is 24.6 Å². The quantitative estimate of drug-likeness (QED) is 0.740. The van der Waals surface area contributed by atoms with Crippen molar-refractivity contribution in [3.8, 4) is 0 Å². The van der Waals surface area contributed by atoms with Crippen LogP contribution < -0.4 is 12.4 Å². The zero-order chi connectivity index (χ0) is 13.5. The molecule has 0 spiro atoms. The van der Waals surface area contributed by atoms with Gasteiger partial charge in [0.2, 0.25) is 0 Å². The largest absolute Gasteiger partial charge is 1.00 e. The first kappa shape index (κ1) is 14.8. The van der Waals surface area contributed by atoms with E-state index in [0.29, 0.717) is 5.92 Å². The molecule has 2 aliphatic rings. The van der Waals surface area contributed by atoms with Gasteiger partial charge < -0.3 is 21.9 Å². The van der Waals surface area contributed by atoms with Gasteiger partial charge in [0.15, 0.2) is 0 Å². The van der Waals surface area contributed by atoms with Crippen molar-refractivity contribution in [2.24, 2.45) is 5.92 Å². The molecule has 1 aromatic heterocycles. The van der Waals surface area contributed by atoms with Crippen molar-refractivity contribution in [2.75, 3.05) is 13.2 Å². The van der Waals surface area contributed by atoms with Gasteiger partial charge in [-0.2, -0.15) is 5.10 Å². The lowest BCUT2D eigenvalue weighted by atomic mass is 9.92. The molecule has 4 rings (SSSR count). The van der Waals surface area contributed by atoms with E-state index >= 15 is 0 Å². The molecule has 1 unspecified atom stereocenters. The second-order valence-corrected chi connectivity index (χ2v) is 5.96. The van der Waals surface area contributed by atoms with Gasteiger partial charge in [-0.05, 0) is 24.8 Å². The molecule has 0 bridgehead atoms. The predicted octanol–water partition coefficient (Wildman–Crippen LogP) is -0.0733. The molecule has 2 aliphatic heterocycles. The lowest BCUT2D eigenvalue weighted by Crippen LogP contribution is -3.00. The first-order valence-corrected chi connectivity index (χ1v) is 7.51. The maximum Gasteiger partial charge on any atom is 0.126 e. The number of nitrogens with zero attached hydrogens (tertiary/aromatic N) is 2. The zero-order valence-corrected chi connectivity index (χ0v) is 12.9. The van der Waals surface area contributed by atoms with Crippen molar-refractivity contribution in [1.29, 1.82) is 0 Å². The van der Waals surface area contributed by atoms with Crippen LogP contribution in [0.15, 0.2) is 24.3 Å². The molecule has 114 valence electrons. The topological polar surface area (TPSA) is 36.3 Å². The number of rotatable bonds is 1. The summed E-state index contributed by atoms with van der Waals surface area (Å²) in [6.07, 6.45) is 2.42. The Labute approximate surface area is 130 Å². The summed E-state index contributed by atoms with van der Waals surface area (Å²) in [6, 6.07) is 8.32. The lowest BCUT2D eigenvalue weighted by molar-refractivity contribution is -0.117. The second kappa shape index (κ2) is 5.95. The number of benzene rings is 1. The fourth-order valence-corrected chi connectivity index (χ4v) is 3.41. The van der Waals surface area contributed by atoms with Crippen molar-refractivity contribution >= 4 is 10.9 Å². The highest BCUT2D eigenvalue weighted by Crippen LogP contribution is 2.37. The maximum atomic E-state index is 6.07. The molecule has 0 N–H and O–H groups in total. The van der Waals surface area contributed by atoms with Gasteiger partial charge in [0, 0.05) is 12.0 Å². The van der Waals surface area contributed by atoms with E-state index in [1.807, 2.05) is 6.07 Å².